The molecule has 2 rings (SSSR count). The third-order valence-electron chi connectivity index (χ3n) is 3.29. The third kappa shape index (κ3) is 3.29. The first-order valence-electron chi connectivity index (χ1n) is 6.64. The molecule has 0 aromatic carbocycles. The van der Waals surface area contributed by atoms with E-state index in [4.69, 9.17) is 0 Å². The number of carbonyl (C=O) groups is 1. The Morgan fingerprint density at radius 3 is 3.11 bits per heavy atom. The predicted octanol–water partition coefficient (Wildman–Crippen LogP) is 1.59. The van der Waals surface area contributed by atoms with Crippen LogP contribution in [0.15, 0.2) is 5.38 Å². The zero-order valence-corrected chi connectivity index (χ0v) is 11.9. The van der Waals surface area contributed by atoms with Crippen LogP contribution in [0.2, 0.25) is 0 Å². The fourth-order valence-electron chi connectivity index (χ4n) is 2.37. The van der Waals surface area contributed by atoms with E-state index in [-0.39, 0.29) is 11.9 Å². The topological polar surface area (TPSA) is 45.2 Å². The van der Waals surface area contributed by atoms with Crippen LogP contribution >= 0.6 is 11.3 Å². The fourth-order valence-corrected chi connectivity index (χ4v) is 3.02. The Balaban J connectivity index is 1.86. The molecule has 1 aromatic heterocycles. The zero-order chi connectivity index (χ0) is 13.0. The molecule has 4 nitrogen and oxygen atoms in total. The summed E-state index contributed by atoms with van der Waals surface area (Å²) >= 11 is 1.67. The summed E-state index contributed by atoms with van der Waals surface area (Å²) in [5.41, 5.74) is 1.11. The van der Waals surface area contributed by atoms with Crippen LogP contribution in [-0.4, -0.2) is 41.5 Å². The molecule has 0 bridgehead atoms. The SMILES string of the molecule is CCNC1CCCN(CCc2csc(C)n2)C1=O. The molecule has 2 heterocycles. The van der Waals surface area contributed by atoms with E-state index in [0.717, 1.165) is 49.6 Å². The van der Waals surface area contributed by atoms with Gasteiger partial charge in [-0.05, 0) is 26.3 Å². The van der Waals surface area contributed by atoms with Crippen molar-refractivity contribution in [3.63, 3.8) is 0 Å². The van der Waals surface area contributed by atoms with Crippen LogP contribution in [0.1, 0.15) is 30.5 Å². The van der Waals surface area contributed by atoms with Gasteiger partial charge in [-0.15, -0.1) is 11.3 Å². The Morgan fingerprint density at radius 1 is 1.61 bits per heavy atom. The van der Waals surface area contributed by atoms with Gasteiger partial charge in [-0.2, -0.15) is 0 Å². The van der Waals surface area contributed by atoms with Crippen molar-refractivity contribution in [2.45, 2.75) is 39.2 Å². The van der Waals surface area contributed by atoms with Crippen molar-refractivity contribution in [1.82, 2.24) is 15.2 Å². The molecule has 0 aliphatic carbocycles. The van der Waals surface area contributed by atoms with Crippen LogP contribution in [0.25, 0.3) is 0 Å². The Morgan fingerprint density at radius 2 is 2.44 bits per heavy atom. The van der Waals surface area contributed by atoms with Crippen molar-refractivity contribution >= 4 is 17.2 Å². The Labute approximate surface area is 112 Å². The molecule has 1 unspecified atom stereocenters. The lowest BCUT2D eigenvalue weighted by Gasteiger charge is -2.32. The van der Waals surface area contributed by atoms with Crippen molar-refractivity contribution in [3.05, 3.63) is 16.1 Å². The first-order valence-corrected chi connectivity index (χ1v) is 7.52. The second-order valence-electron chi connectivity index (χ2n) is 4.69. The van der Waals surface area contributed by atoms with Gasteiger partial charge in [-0.25, -0.2) is 4.98 Å². The van der Waals surface area contributed by atoms with Gasteiger partial charge in [0.25, 0.3) is 0 Å². The minimum Gasteiger partial charge on any atom is -0.341 e. The number of likely N-dealkylation sites (tertiary alicyclic amines) is 1. The molecule has 18 heavy (non-hydrogen) atoms. The molecule has 1 aliphatic rings. The number of carbonyl (C=O) groups excluding carboxylic acids is 1. The van der Waals surface area contributed by atoms with Gasteiger partial charge in [0.2, 0.25) is 5.91 Å². The first-order chi connectivity index (χ1) is 8.70. The van der Waals surface area contributed by atoms with Gasteiger partial charge in [-0.3, -0.25) is 4.79 Å². The number of nitrogens with zero attached hydrogens (tertiary/aromatic N) is 2. The molecule has 5 heteroatoms. The number of aryl methyl sites for hydroxylation is 1. The summed E-state index contributed by atoms with van der Waals surface area (Å²) in [6.45, 7) is 6.61. The average molecular weight is 267 g/mol. The largest absolute Gasteiger partial charge is 0.341 e. The standard InChI is InChI=1S/C13H21N3OS/c1-3-14-12-5-4-7-16(13(12)17)8-6-11-9-18-10(2)15-11/h9,12,14H,3-8H2,1-2H3. The molecule has 1 amide bonds. The number of piperidine rings is 1. The van der Waals surface area contributed by atoms with E-state index in [0.29, 0.717) is 0 Å². The Bertz CT molecular complexity index is 403. The molecular formula is C13H21N3OS. The summed E-state index contributed by atoms with van der Waals surface area (Å²) in [6.07, 6.45) is 2.94. The second kappa shape index (κ2) is 6.29. The summed E-state index contributed by atoms with van der Waals surface area (Å²) in [7, 11) is 0. The minimum absolute atomic E-state index is 0.0286. The van der Waals surface area contributed by atoms with Crippen LogP contribution < -0.4 is 5.32 Å². The monoisotopic (exact) mass is 267 g/mol. The third-order valence-corrected chi connectivity index (χ3v) is 4.11. The molecular weight excluding hydrogens is 246 g/mol. The molecule has 1 aliphatic heterocycles. The summed E-state index contributed by atoms with van der Waals surface area (Å²) in [5.74, 6) is 0.259. The van der Waals surface area contributed by atoms with Gasteiger partial charge in [0.15, 0.2) is 0 Å². The highest BCUT2D eigenvalue weighted by molar-refractivity contribution is 7.09. The quantitative estimate of drug-likeness (QED) is 0.881. The molecule has 1 saturated heterocycles. The van der Waals surface area contributed by atoms with E-state index in [1.54, 1.807) is 11.3 Å². The fraction of sp³-hybridized carbons (Fsp3) is 0.692. The summed E-state index contributed by atoms with van der Waals surface area (Å²) in [4.78, 5) is 18.6. The van der Waals surface area contributed by atoms with Gasteiger partial charge in [-0.1, -0.05) is 6.92 Å². The molecule has 100 valence electrons. The number of rotatable bonds is 5. The lowest BCUT2D eigenvalue weighted by atomic mass is 10.0. The predicted molar refractivity (Wildman–Crippen MR) is 73.8 cm³/mol. The number of thiazole rings is 1. The van der Waals surface area contributed by atoms with Crippen LogP contribution in [0.4, 0.5) is 0 Å². The lowest BCUT2D eigenvalue weighted by Crippen LogP contribution is -2.51. The Hall–Kier alpha value is -0.940. The van der Waals surface area contributed by atoms with E-state index in [9.17, 15) is 4.79 Å². The number of likely N-dealkylation sites (N-methyl/N-ethyl adjacent to an activating group) is 1. The number of hydrogen-bond acceptors (Lipinski definition) is 4. The molecule has 1 fully saturated rings. The Kier molecular flexibility index (Phi) is 4.72. The number of aromatic nitrogens is 1. The number of amides is 1. The minimum atomic E-state index is 0.0286. The lowest BCUT2D eigenvalue weighted by molar-refractivity contribution is -0.135. The molecule has 1 aromatic rings. The first kappa shape index (κ1) is 13.5. The van der Waals surface area contributed by atoms with Crippen molar-refractivity contribution in [2.24, 2.45) is 0 Å². The summed E-state index contributed by atoms with van der Waals surface area (Å²) in [5, 5.41) is 6.45. The average Bonchev–Trinajstić information content (AvgIpc) is 2.77. The second-order valence-corrected chi connectivity index (χ2v) is 5.75. The van der Waals surface area contributed by atoms with Crippen LogP contribution in [0, 0.1) is 6.92 Å². The molecule has 0 saturated carbocycles. The maximum Gasteiger partial charge on any atom is 0.239 e. The molecule has 0 radical (unpaired) electrons. The highest BCUT2D eigenvalue weighted by Gasteiger charge is 2.27. The molecule has 1 N–H and O–H groups in total. The van der Waals surface area contributed by atoms with E-state index in [1.807, 2.05) is 18.7 Å². The van der Waals surface area contributed by atoms with Crippen molar-refractivity contribution < 1.29 is 4.79 Å². The summed E-state index contributed by atoms with van der Waals surface area (Å²) < 4.78 is 0. The van der Waals surface area contributed by atoms with Gasteiger partial charge >= 0.3 is 0 Å². The zero-order valence-electron chi connectivity index (χ0n) is 11.1. The summed E-state index contributed by atoms with van der Waals surface area (Å²) in [6, 6.07) is 0.0286. The highest BCUT2D eigenvalue weighted by Crippen LogP contribution is 2.14. The van der Waals surface area contributed by atoms with Crippen LogP contribution in [0.5, 0.6) is 0 Å². The maximum absolute atomic E-state index is 12.2. The highest BCUT2D eigenvalue weighted by atomic mass is 32.1. The van der Waals surface area contributed by atoms with E-state index < -0.39 is 0 Å². The van der Waals surface area contributed by atoms with Gasteiger partial charge in [0.1, 0.15) is 0 Å². The van der Waals surface area contributed by atoms with E-state index in [2.05, 4.69) is 15.7 Å². The van der Waals surface area contributed by atoms with Crippen molar-refractivity contribution in [1.29, 1.82) is 0 Å². The van der Waals surface area contributed by atoms with Crippen molar-refractivity contribution in [2.75, 3.05) is 19.6 Å². The number of hydrogen-bond donors (Lipinski definition) is 1. The van der Waals surface area contributed by atoms with Gasteiger partial charge in [0.05, 0.1) is 16.7 Å². The van der Waals surface area contributed by atoms with Gasteiger partial charge in [0, 0.05) is 24.9 Å². The molecule has 0 spiro atoms. The van der Waals surface area contributed by atoms with Crippen LogP contribution in [0.3, 0.4) is 0 Å². The van der Waals surface area contributed by atoms with Crippen LogP contribution in [-0.2, 0) is 11.2 Å². The van der Waals surface area contributed by atoms with E-state index >= 15 is 0 Å². The maximum atomic E-state index is 12.2. The normalized spacial score (nSPS) is 20.4. The molecule has 1 atom stereocenters. The van der Waals surface area contributed by atoms with E-state index in [1.165, 1.54) is 0 Å². The number of nitrogens with one attached hydrogen (secondary N) is 1. The smallest absolute Gasteiger partial charge is 0.239 e. The van der Waals surface area contributed by atoms with Gasteiger partial charge < -0.3 is 10.2 Å². The van der Waals surface area contributed by atoms with Crippen molar-refractivity contribution in [3.8, 4) is 0 Å².